The van der Waals surface area contributed by atoms with Gasteiger partial charge in [-0.25, -0.2) is 0 Å². The summed E-state index contributed by atoms with van der Waals surface area (Å²) in [5, 5.41) is 20.3. The fraction of sp³-hybridized carbons (Fsp3) is 0.571. The van der Waals surface area contributed by atoms with E-state index in [1.807, 2.05) is 12.1 Å². The number of carboxylic acids is 1. The van der Waals surface area contributed by atoms with Crippen molar-refractivity contribution < 1.29 is 24.5 Å². The number of carbonyl (C=O) groups excluding carboxylic acids is 1. The number of nitrogens with one attached hydrogen (secondary N) is 1. The number of carbonyl (C=O) groups is 2. The minimum Gasteiger partial charge on any atom is -0.493 e. The Morgan fingerprint density at radius 3 is 2.29 bits per heavy atom. The van der Waals surface area contributed by atoms with Gasteiger partial charge in [-0.3, -0.25) is 9.59 Å². The molecule has 0 saturated carbocycles. The highest BCUT2D eigenvalue weighted by atomic mass is 32.1. The Morgan fingerprint density at radius 1 is 1.03 bits per heavy atom. The third kappa shape index (κ3) is 15.0. The molecule has 1 unspecified atom stereocenters. The van der Waals surface area contributed by atoms with Gasteiger partial charge >= 0.3 is 5.97 Å². The monoisotopic (exact) mass is 554 g/mol. The summed E-state index contributed by atoms with van der Waals surface area (Å²) in [6, 6.07) is 10.3. The molecule has 1 aromatic heterocycles. The number of aryl methyl sites for hydroxylation is 2. The largest absolute Gasteiger partial charge is 0.493 e. The second-order valence-corrected chi connectivity index (χ2v) is 8.94. The van der Waals surface area contributed by atoms with Gasteiger partial charge in [0.1, 0.15) is 5.75 Å². The van der Waals surface area contributed by atoms with Gasteiger partial charge in [0.2, 0.25) is 0 Å². The molecule has 10 heteroatoms. The highest BCUT2D eigenvalue weighted by Crippen LogP contribution is 2.32. The molecule has 0 bridgehead atoms. The van der Waals surface area contributed by atoms with Crippen molar-refractivity contribution >= 4 is 23.2 Å². The van der Waals surface area contributed by atoms with Gasteiger partial charge in [0.25, 0.3) is 5.91 Å². The second-order valence-electron chi connectivity index (χ2n) is 7.82. The van der Waals surface area contributed by atoms with E-state index in [9.17, 15) is 9.59 Å². The molecular weight excluding hydrogens is 504 g/mol. The fourth-order valence-corrected chi connectivity index (χ4v) is 4.70. The van der Waals surface area contributed by atoms with Crippen LogP contribution < -0.4 is 27.3 Å². The number of aliphatic carboxylic acids is 1. The van der Waals surface area contributed by atoms with E-state index in [1.165, 1.54) is 48.5 Å². The molecule has 218 valence electrons. The molecular formula is C28H50N4O5S. The zero-order valence-corrected chi connectivity index (χ0v) is 24.6. The second kappa shape index (κ2) is 24.8. The number of amides is 1. The Bertz CT molecular complexity index is 877. The maximum atomic E-state index is 12.2. The molecule has 0 fully saturated rings. The Morgan fingerprint density at radius 2 is 1.71 bits per heavy atom. The average Bonchev–Trinajstić information content (AvgIpc) is 3.45. The maximum Gasteiger partial charge on any atom is 0.305 e. The molecule has 0 aliphatic heterocycles. The summed E-state index contributed by atoms with van der Waals surface area (Å²) in [7, 11) is 4.50. The van der Waals surface area contributed by atoms with Gasteiger partial charge in [-0.2, -0.15) is 0 Å². The lowest BCUT2D eigenvalue weighted by molar-refractivity contribution is -0.136. The van der Waals surface area contributed by atoms with Gasteiger partial charge < -0.3 is 37.5 Å². The summed E-state index contributed by atoms with van der Waals surface area (Å²) in [6.07, 6.45) is 5.38. The Balaban J connectivity index is 0. The van der Waals surface area contributed by atoms with E-state index in [2.05, 4.69) is 54.6 Å². The van der Waals surface area contributed by atoms with Crippen LogP contribution in [-0.2, 0) is 17.6 Å². The Kier molecular flexibility index (Phi) is 24.6. The van der Waals surface area contributed by atoms with Crippen LogP contribution in [0.4, 0.5) is 0 Å². The maximum absolute atomic E-state index is 12.2. The smallest absolute Gasteiger partial charge is 0.305 e. The molecule has 38 heavy (non-hydrogen) atoms. The predicted molar refractivity (Wildman–Crippen MR) is 158 cm³/mol. The molecule has 2 rings (SSSR count). The van der Waals surface area contributed by atoms with E-state index in [0.29, 0.717) is 17.4 Å². The average molecular weight is 555 g/mol. The van der Waals surface area contributed by atoms with Crippen molar-refractivity contribution in [2.24, 2.45) is 17.2 Å². The summed E-state index contributed by atoms with van der Waals surface area (Å²) < 4.78 is 5.89. The van der Waals surface area contributed by atoms with Crippen LogP contribution in [0.5, 0.6) is 5.75 Å². The van der Waals surface area contributed by atoms with Crippen molar-refractivity contribution in [3.63, 3.8) is 0 Å². The zero-order valence-electron chi connectivity index (χ0n) is 23.8. The van der Waals surface area contributed by atoms with Crippen LogP contribution in [0.15, 0.2) is 30.3 Å². The van der Waals surface area contributed by atoms with Crippen LogP contribution in [0.1, 0.15) is 77.5 Å². The van der Waals surface area contributed by atoms with E-state index in [-0.39, 0.29) is 25.5 Å². The third-order valence-corrected chi connectivity index (χ3v) is 6.71. The molecule has 1 aromatic carbocycles. The standard InChI is InChI=1S/C25H35NO5S.3CH5N/c1-3-19(22-11-12-23(32-22)25(30)26-14-13-24(28)29)9-7-18-8-10-21(20(4-2)17-18)31-16-6-5-15-27;3*1-2/h8,10-12,17,19,27H,3-7,9,13-16H2,1-2H3,(H,26,30)(H,28,29);3*2H2,1H3. The van der Waals surface area contributed by atoms with Crippen LogP contribution in [0.2, 0.25) is 0 Å². The van der Waals surface area contributed by atoms with Crippen molar-refractivity contribution in [1.82, 2.24) is 5.32 Å². The highest BCUT2D eigenvalue weighted by molar-refractivity contribution is 7.14. The molecule has 0 radical (unpaired) electrons. The summed E-state index contributed by atoms with van der Waals surface area (Å²) in [6.45, 7) is 5.25. The number of nitrogens with two attached hydrogens (primary N) is 3. The number of ether oxygens (including phenoxy) is 1. The van der Waals surface area contributed by atoms with Crippen molar-refractivity contribution in [2.45, 2.75) is 64.7 Å². The van der Waals surface area contributed by atoms with Crippen LogP contribution in [0.25, 0.3) is 0 Å². The number of hydrogen-bond acceptors (Lipinski definition) is 8. The predicted octanol–water partition coefficient (Wildman–Crippen LogP) is 3.52. The van der Waals surface area contributed by atoms with Gasteiger partial charge in [0.05, 0.1) is 17.9 Å². The molecule has 9 nitrogen and oxygen atoms in total. The summed E-state index contributed by atoms with van der Waals surface area (Å²) >= 11 is 1.49. The normalized spacial score (nSPS) is 10.4. The summed E-state index contributed by atoms with van der Waals surface area (Å²) in [5.41, 5.74) is 16.0. The lowest BCUT2D eigenvalue weighted by Gasteiger charge is -2.15. The van der Waals surface area contributed by atoms with E-state index in [4.69, 9.17) is 14.9 Å². The van der Waals surface area contributed by atoms with Gasteiger partial charge in [-0.1, -0.05) is 26.0 Å². The van der Waals surface area contributed by atoms with Crippen molar-refractivity contribution in [1.29, 1.82) is 0 Å². The number of rotatable bonds is 15. The van der Waals surface area contributed by atoms with Crippen molar-refractivity contribution in [3.05, 3.63) is 51.2 Å². The van der Waals surface area contributed by atoms with E-state index >= 15 is 0 Å². The zero-order chi connectivity index (χ0) is 29.3. The Hall–Kier alpha value is -2.50. The van der Waals surface area contributed by atoms with E-state index in [1.54, 1.807) is 0 Å². The summed E-state index contributed by atoms with van der Waals surface area (Å²) in [5.74, 6) is 0.174. The van der Waals surface area contributed by atoms with Gasteiger partial charge in [0, 0.05) is 18.0 Å². The summed E-state index contributed by atoms with van der Waals surface area (Å²) in [4.78, 5) is 24.6. The van der Waals surface area contributed by atoms with Crippen LogP contribution in [0.3, 0.4) is 0 Å². The van der Waals surface area contributed by atoms with Crippen LogP contribution in [-0.4, -0.2) is 63.0 Å². The first-order valence-electron chi connectivity index (χ1n) is 13.2. The van der Waals surface area contributed by atoms with Gasteiger partial charge in [-0.05, 0) is 94.9 Å². The highest BCUT2D eigenvalue weighted by Gasteiger charge is 2.16. The quantitative estimate of drug-likeness (QED) is 0.181. The molecule has 0 saturated heterocycles. The molecule has 0 aliphatic carbocycles. The first kappa shape index (κ1) is 37.7. The number of hydrogen-bond donors (Lipinski definition) is 6. The number of thiophene rings is 1. The van der Waals surface area contributed by atoms with Gasteiger partial charge in [0.15, 0.2) is 0 Å². The van der Waals surface area contributed by atoms with Crippen molar-refractivity contribution in [3.8, 4) is 5.75 Å². The first-order chi connectivity index (χ1) is 18.5. The van der Waals surface area contributed by atoms with Crippen molar-refractivity contribution in [2.75, 3.05) is 40.9 Å². The molecule has 1 atom stereocenters. The lowest BCUT2D eigenvalue weighted by Crippen LogP contribution is -2.25. The molecule has 1 amide bonds. The van der Waals surface area contributed by atoms with E-state index in [0.717, 1.165) is 44.3 Å². The Labute approximate surface area is 232 Å². The number of aliphatic hydroxyl groups excluding tert-OH is 1. The SMILES string of the molecule is CCc1cc(CCC(CC)c2ccc(C(=O)NCCC(=O)O)s2)ccc1OCCCCO.CN.CN.CN. The molecule has 1 heterocycles. The number of benzene rings is 1. The van der Waals surface area contributed by atoms with Crippen LogP contribution >= 0.6 is 11.3 Å². The number of carboxylic acid groups (broad SMARTS) is 1. The van der Waals surface area contributed by atoms with Crippen LogP contribution in [0, 0.1) is 0 Å². The first-order valence-corrected chi connectivity index (χ1v) is 14.0. The van der Waals surface area contributed by atoms with E-state index < -0.39 is 5.97 Å². The number of aliphatic hydroxyl groups is 1. The lowest BCUT2D eigenvalue weighted by atomic mass is 9.94. The molecule has 9 N–H and O–H groups in total. The van der Waals surface area contributed by atoms with Gasteiger partial charge in [-0.15, -0.1) is 11.3 Å². The number of unbranched alkanes of at least 4 members (excludes halogenated alkanes) is 1. The topological polar surface area (TPSA) is 174 Å². The fourth-order valence-electron chi connectivity index (χ4n) is 3.55. The minimum absolute atomic E-state index is 0.0756. The third-order valence-electron chi connectivity index (χ3n) is 5.47. The molecule has 0 spiro atoms. The molecule has 2 aromatic rings. The molecule has 0 aliphatic rings. The minimum atomic E-state index is -0.921.